The van der Waals surface area contributed by atoms with Gasteiger partial charge in [0.1, 0.15) is 9.79 Å². The smallest absolute Gasteiger partial charge is 1.00 e. The molecular weight excluding hydrogens is 1200 g/mol. The molecule has 0 spiro atoms. The molecule has 0 aliphatic rings. The summed E-state index contributed by atoms with van der Waals surface area (Å²) in [6, 6.07) is 26.0. The zero-order valence-corrected chi connectivity index (χ0v) is 47.5. The predicted molar refractivity (Wildman–Crippen MR) is 287 cm³/mol. The first-order valence-corrected chi connectivity index (χ1v) is 30.3. The van der Waals surface area contributed by atoms with Crippen LogP contribution in [-0.4, -0.2) is 108 Å². The molecule has 8 rings (SSSR count). The van der Waals surface area contributed by atoms with E-state index in [9.17, 15) is 77.8 Å². The average molecular weight is 1240 g/mol. The molecule has 0 aliphatic heterocycles. The van der Waals surface area contributed by atoms with Gasteiger partial charge in [-0.25, -0.2) is 0 Å². The van der Waals surface area contributed by atoms with Gasteiger partial charge in [0.15, 0.2) is 0 Å². The second-order valence-electron chi connectivity index (χ2n) is 16.2. The molecule has 0 amide bonds. The van der Waals surface area contributed by atoms with Crippen molar-refractivity contribution in [3.05, 3.63) is 145 Å². The molecule has 2 aromatic heterocycles. The maximum Gasteiger partial charge on any atom is 1.00 e. The molecule has 0 radical (unpaired) electrons. The van der Waals surface area contributed by atoms with Gasteiger partial charge in [-0.3, -0.25) is 27.3 Å². The topological polar surface area (TPSA) is 476 Å². The Hall–Kier alpha value is -7.66. The van der Waals surface area contributed by atoms with E-state index in [1.165, 1.54) is 72.8 Å². The van der Waals surface area contributed by atoms with E-state index in [-0.39, 0.29) is 112 Å². The standard InChI is InChI=1S/C44H36N12O18S6.Na.H/c57-75(58,59)33-9-1-5-27(19-33)45-39-51-40(46-28-6-2-10-34(20-28)76(60,61)62)54-43(53-39)49-31-17-15-25(37(23-31)79(69,70)71)13-14-26-16-18-32(24-38(26)80(72,73)74)50-44-55-41(47-29-7-3-11-35(21-29)77(63,64)65)52-42(56-44)48-30-8-4-12-36(22-30)78(66,67)68;;/h1-24H,(H,57,58,59)(H,60,61,62)(H,63,64,65)(H,66,67,68)(H,69,70,71)(H,72,73,74)(H3,45,46,49,51,53,54)(H3,47,48,50,52,55,56);;/q;+1;-1. The van der Waals surface area contributed by atoms with Crippen molar-refractivity contribution in [1.82, 2.24) is 29.9 Å². The maximum absolute atomic E-state index is 12.9. The second kappa shape index (κ2) is 23.8. The van der Waals surface area contributed by atoms with Gasteiger partial charge in [-0.1, -0.05) is 48.6 Å². The summed E-state index contributed by atoms with van der Waals surface area (Å²) < 4.78 is 205. The van der Waals surface area contributed by atoms with Gasteiger partial charge < -0.3 is 33.3 Å². The monoisotopic (exact) mass is 1240 g/mol. The van der Waals surface area contributed by atoms with E-state index in [4.69, 9.17) is 0 Å². The number of nitrogens with zero attached hydrogens (tertiary/aromatic N) is 6. The van der Waals surface area contributed by atoms with E-state index in [2.05, 4.69) is 61.8 Å². The minimum absolute atomic E-state index is 0. The first kappa shape index (κ1) is 61.0. The maximum atomic E-state index is 12.9. The zero-order valence-electron chi connectivity index (χ0n) is 41.6. The molecule has 37 heteroatoms. The van der Waals surface area contributed by atoms with Crippen LogP contribution in [0, 0.1) is 0 Å². The van der Waals surface area contributed by atoms with Crippen molar-refractivity contribution >= 4 is 143 Å². The molecule has 2 heterocycles. The molecule has 0 aliphatic carbocycles. The van der Waals surface area contributed by atoms with Crippen molar-refractivity contribution in [2.45, 2.75) is 29.4 Å². The molecule has 6 aromatic carbocycles. The van der Waals surface area contributed by atoms with Gasteiger partial charge in [-0.2, -0.15) is 80.4 Å². The van der Waals surface area contributed by atoms with Crippen LogP contribution in [0.25, 0.3) is 12.2 Å². The summed E-state index contributed by atoms with van der Waals surface area (Å²) in [5.41, 5.74) is -0.556. The Morgan fingerprint density at radius 2 is 0.506 bits per heavy atom. The summed E-state index contributed by atoms with van der Waals surface area (Å²) in [6.07, 6.45) is 2.16. The zero-order chi connectivity index (χ0) is 58.0. The van der Waals surface area contributed by atoms with Crippen molar-refractivity contribution in [2.24, 2.45) is 0 Å². The van der Waals surface area contributed by atoms with E-state index in [1.54, 1.807) is 0 Å². The largest absolute Gasteiger partial charge is 1.00 e. The molecule has 0 fully saturated rings. The van der Waals surface area contributed by atoms with Crippen LogP contribution in [0.5, 0.6) is 0 Å². The van der Waals surface area contributed by atoms with E-state index in [1.807, 2.05) is 0 Å². The molecule has 8 aromatic rings. The fraction of sp³-hybridized carbons (Fsp3) is 0. The van der Waals surface area contributed by atoms with Crippen molar-refractivity contribution < 1.29 is 109 Å². The number of benzene rings is 6. The fourth-order valence-corrected chi connectivity index (χ4v) is 10.5. The Labute approximate surface area is 483 Å². The van der Waals surface area contributed by atoms with Crippen LogP contribution < -0.4 is 61.5 Å². The minimum Gasteiger partial charge on any atom is -1.00 e. The molecule has 81 heavy (non-hydrogen) atoms. The fourth-order valence-electron chi connectivity index (χ4n) is 6.93. The Balaban J connectivity index is 0.00000541. The quantitative estimate of drug-likeness (QED) is 0.0296. The number of rotatable bonds is 20. The third-order valence-corrected chi connectivity index (χ3v) is 15.6. The number of hydrogen-bond donors (Lipinski definition) is 12. The molecule has 0 saturated heterocycles. The summed E-state index contributed by atoms with van der Waals surface area (Å²) in [6.45, 7) is 0. The van der Waals surface area contributed by atoms with Crippen LogP contribution in [0.2, 0.25) is 0 Å². The van der Waals surface area contributed by atoms with E-state index < -0.39 is 90.1 Å². The number of nitrogens with one attached hydrogen (secondary N) is 6. The molecule has 12 N–H and O–H groups in total. The number of anilines is 12. The Kier molecular flexibility index (Phi) is 17.9. The van der Waals surface area contributed by atoms with Crippen LogP contribution in [0.1, 0.15) is 12.6 Å². The third-order valence-electron chi connectivity index (χ3n) is 10.4. The normalized spacial score (nSPS) is 12.3. The van der Waals surface area contributed by atoms with Crippen molar-refractivity contribution in [3.63, 3.8) is 0 Å². The Morgan fingerprint density at radius 3 is 0.704 bits per heavy atom. The first-order chi connectivity index (χ1) is 37.3. The molecule has 0 bridgehead atoms. The molecule has 0 saturated carbocycles. The molecule has 418 valence electrons. The SMILES string of the molecule is O=S(=O)(O)c1cccc(Nc2nc(Nc3cccc(S(=O)(=O)O)c3)nc(Nc3ccc(C=Cc4ccc(Nc5nc(Nc6cccc(S(=O)(=O)O)c6)nc(Nc6cccc(S(=O)(=O)O)c6)n5)cc4S(=O)(=O)O)c(S(=O)(=O)O)c3)n2)c1.[H-].[Na+]. The molecule has 0 unspecified atom stereocenters. The van der Waals surface area contributed by atoms with Crippen LogP contribution >= 0.6 is 0 Å². The van der Waals surface area contributed by atoms with Gasteiger partial charge in [0, 0.05) is 34.1 Å². The van der Waals surface area contributed by atoms with Crippen LogP contribution in [0.4, 0.5) is 69.8 Å². The van der Waals surface area contributed by atoms with Gasteiger partial charge in [0.05, 0.1) is 19.6 Å². The molecule has 0 atom stereocenters. The summed E-state index contributed by atoms with van der Waals surface area (Å²) in [5, 5.41) is 16.3. The van der Waals surface area contributed by atoms with E-state index >= 15 is 0 Å². The number of hydrogen-bond acceptors (Lipinski definition) is 24. The number of aromatic nitrogens is 6. The first-order valence-electron chi connectivity index (χ1n) is 21.7. The minimum atomic E-state index is -5.12. The van der Waals surface area contributed by atoms with E-state index in [0.29, 0.717) is 0 Å². The van der Waals surface area contributed by atoms with Crippen molar-refractivity contribution in [1.29, 1.82) is 0 Å². The molecule has 30 nitrogen and oxygen atoms in total. The van der Waals surface area contributed by atoms with Crippen LogP contribution in [0.3, 0.4) is 0 Å². The summed E-state index contributed by atoms with van der Waals surface area (Å²) in [7, 11) is -28.9. The third kappa shape index (κ3) is 16.5. The van der Waals surface area contributed by atoms with Gasteiger partial charge in [0.25, 0.3) is 60.7 Å². The van der Waals surface area contributed by atoms with Crippen molar-refractivity contribution in [2.75, 3.05) is 31.9 Å². The van der Waals surface area contributed by atoms with Gasteiger partial charge in [-0.05, 0) is 108 Å². The van der Waals surface area contributed by atoms with Crippen LogP contribution in [-0.2, 0) is 60.7 Å². The van der Waals surface area contributed by atoms with Crippen molar-refractivity contribution in [3.8, 4) is 0 Å². The summed E-state index contributed by atoms with van der Waals surface area (Å²) >= 11 is 0. The van der Waals surface area contributed by atoms with Crippen LogP contribution in [0.15, 0.2) is 163 Å². The Bertz CT molecular complexity index is 4060. The van der Waals surface area contributed by atoms with Gasteiger partial charge in [-0.15, -0.1) is 0 Å². The Morgan fingerprint density at radius 1 is 0.296 bits per heavy atom. The molecular formula is C44H37N12NaO18S6. The summed E-state index contributed by atoms with van der Waals surface area (Å²) in [4.78, 5) is 21.7. The predicted octanol–water partition coefficient (Wildman–Crippen LogP) is 3.29. The van der Waals surface area contributed by atoms with Gasteiger partial charge in [0.2, 0.25) is 35.7 Å². The average Bonchev–Trinajstić information content (AvgIpc) is 3.52. The second-order valence-corrected chi connectivity index (χ2v) is 24.6. The summed E-state index contributed by atoms with van der Waals surface area (Å²) in [5.74, 6) is -1.95. The van der Waals surface area contributed by atoms with Gasteiger partial charge >= 0.3 is 29.6 Å². The van der Waals surface area contributed by atoms with E-state index in [0.717, 1.165) is 72.8 Å².